The number of carbonyl (C=O) groups is 2. The van der Waals surface area contributed by atoms with Crippen molar-refractivity contribution in [1.29, 1.82) is 0 Å². The minimum absolute atomic E-state index is 0.251. The molecule has 6 heteroatoms. The van der Waals surface area contributed by atoms with Crippen molar-refractivity contribution < 1.29 is 19.4 Å². The van der Waals surface area contributed by atoms with Crippen molar-refractivity contribution in [3.05, 3.63) is 0 Å². The molecule has 0 aliphatic carbocycles. The molecule has 0 spiro atoms. The predicted octanol–water partition coefficient (Wildman–Crippen LogP) is 0.431. The first-order chi connectivity index (χ1) is 7.47. The lowest BCUT2D eigenvalue weighted by molar-refractivity contribution is -0.139. The van der Waals surface area contributed by atoms with Gasteiger partial charge in [-0.05, 0) is 5.92 Å². The molecule has 1 unspecified atom stereocenters. The van der Waals surface area contributed by atoms with Crippen LogP contribution in [0.15, 0.2) is 0 Å². The van der Waals surface area contributed by atoms with Crippen LogP contribution in [0.25, 0.3) is 0 Å². The highest BCUT2D eigenvalue weighted by Crippen LogP contribution is 1.93. The number of nitrogens with one attached hydrogen (secondary N) is 2. The van der Waals surface area contributed by atoms with Crippen molar-refractivity contribution in [3.8, 4) is 0 Å². The Hall–Kier alpha value is -1.30. The molecule has 1 atom stereocenters. The Bertz CT molecular complexity index is 231. The average Bonchev–Trinajstić information content (AvgIpc) is 2.20. The van der Waals surface area contributed by atoms with Crippen molar-refractivity contribution in [1.82, 2.24) is 10.6 Å². The van der Waals surface area contributed by atoms with Crippen molar-refractivity contribution in [3.63, 3.8) is 0 Å². The number of methoxy groups -OCH3 is 1. The third kappa shape index (κ3) is 7.05. The Kier molecular flexibility index (Phi) is 7.28. The summed E-state index contributed by atoms with van der Waals surface area (Å²) in [6.07, 6.45) is 0.251. The second-order valence-electron chi connectivity index (χ2n) is 3.92. The van der Waals surface area contributed by atoms with Crippen LogP contribution in [0, 0.1) is 5.92 Å². The number of aliphatic carboxylic acids is 1. The van der Waals surface area contributed by atoms with Crippen molar-refractivity contribution in [2.75, 3.05) is 20.3 Å². The van der Waals surface area contributed by atoms with Crippen LogP contribution in [0.4, 0.5) is 4.79 Å². The fourth-order valence-corrected chi connectivity index (χ4v) is 0.999. The van der Waals surface area contributed by atoms with Crippen LogP contribution in [0.2, 0.25) is 0 Å². The Labute approximate surface area is 95.4 Å². The maximum atomic E-state index is 11.3. The molecule has 0 aliphatic rings. The molecule has 16 heavy (non-hydrogen) atoms. The monoisotopic (exact) mass is 232 g/mol. The molecule has 0 aromatic rings. The fraction of sp³-hybridized carbons (Fsp3) is 0.800. The Morgan fingerprint density at radius 2 is 2.00 bits per heavy atom. The number of carbonyl (C=O) groups excluding carboxylic acids is 1. The van der Waals surface area contributed by atoms with Crippen LogP contribution in [0.5, 0.6) is 0 Å². The van der Waals surface area contributed by atoms with E-state index in [1.165, 1.54) is 7.11 Å². The first-order valence-corrected chi connectivity index (χ1v) is 5.23. The third-order valence-electron chi connectivity index (χ3n) is 1.88. The molecule has 0 rings (SSSR count). The molecule has 0 saturated carbocycles. The highest BCUT2D eigenvalue weighted by molar-refractivity contribution is 5.82. The first kappa shape index (κ1) is 14.7. The summed E-state index contributed by atoms with van der Waals surface area (Å²) in [5.41, 5.74) is 0. The van der Waals surface area contributed by atoms with Gasteiger partial charge in [-0.2, -0.15) is 0 Å². The summed E-state index contributed by atoms with van der Waals surface area (Å²) in [5, 5.41) is 13.8. The van der Waals surface area contributed by atoms with Gasteiger partial charge in [0.15, 0.2) is 0 Å². The van der Waals surface area contributed by atoms with Crippen molar-refractivity contribution in [2.24, 2.45) is 5.92 Å². The molecule has 94 valence electrons. The third-order valence-corrected chi connectivity index (χ3v) is 1.88. The SMILES string of the molecule is COCCC(NC(=O)NCC(C)C)C(=O)O. The molecule has 0 radical (unpaired) electrons. The second-order valence-corrected chi connectivity index (χ2v) is 3.92. The van der Waals surface area contributed by atoms with E-state index in [1.54, 1.807) is 0 Å². The van der Waals surface area contributed by atoms with E-state index in [0.717, 1.165) is 0 Å². The number of urea groups is 1. The van der Waals surface area contributed by atoms with Gasteiger partial charge in [-0.3, -0.25) is 0 Å². The molecule has 0 saturated heterocycles. The quantitative estimate of drug-likeness (QED) is 0.594. The lowest BCUT2D eigenvalue weighted by Crippen LogP contribution is -2.47. The Balaban J connectivity index is 3.98. The summed E-state index contributed by atoms with van der Waals surface area (Å²) in [7, 11) is 1.48. The molecule has 6 nitrogen and oxygen atoms in total. The number of carboxylic acids is 1. The minimum Gasteiger partial charge on any atom is -0.480 e. The number of ether oxygens (including phenoxy) is 1. The zero-order chi connectivity index (χ0) is 12.6. The zero-order valence-corrected chi connectivity index (χ0v) is 9.95. The minimum atomic E-state index is -1.06. The van der Waals surface area contributed by atoms with E-state index in [-0.39, 0.29) is 6.42 Å². The first-order valence-electron chi connectivity index (χ1n) is 5.23. The Morgan fingerprint density at radius 1 is 1.38 bits per heavy atom. The summed E-state index contributed by atoms with van der Waals surface area (Å²) < 4.78 is 4.77. The van der Waals surface area contributed by atoms with Crippen LogP contribution < -0.4 is 10.6 Å². The molecule has 0 aromatic heterocycles. The van der Waals surface area contributed by atoms with Crippen LogP contribution in [-0.2, 0) is 9.53 Å². The number of hydrogen-bond acceptors (Lipinski definition) is 3. The fourth-order valence-electron chi connectivity index (χ4n) is 0.999. The van der Waals surface area contributed by atoms with Gasteiger partial charge in [0.25, 0.3) is 0 Å². The van der Waals surface area contributed by atoms with Crippen LogP contribution in [0.1, 0.15) is 20.3 Å². The normalized spacial score (nSPS) is 12.2. The number of rotatable bonds is 7. The van der Waals surface area contributed by atoms with Crippen molar-refractivity contribution in [2.45, 2.75) is 26.3 Å². The summed E-state index contributed by atoms with van der Waals surface area (Å²) in [6, 6.07) is -1.37. The van der Waals surface area contributed by atoms with E-state index >= 15 is 0 Å². The maximum absolute atomic E-state index is 11.3. The van der Waals surface area contributed by atoms with Gasteiger partial charge in [-0.15, -0.1) is 0 Å². The van der Waals surface area contributed by atoms with E-state index in [2.05, 4.69) is 10.6 Å². The molecule has 2 amide bonds. The summed E-state index contributed by atoms with van der Waals surface area (Å²) in [6.45, 7) is 4.73. The smallest absolute Gasteiger partial charge is 0.326 e. The van der Waals surface area contributed by atoms with Crippen LogP contribution in [-0.4, -0.2) is 43.4 Å². The Morgan fingerprint density at radius 3 is 2.44 bits per heavy atom. The molecular formula is C10H20N2O4. The van der Waals surface area contributed by atoms with Crippen LogP contribution in [0.3, 0.4) is 0 Å². The van der Waals surface area contributed by atoms with E-state index < -0.39 is 18.0 Å². The van der Waals surface area contributed by atoms with Gasteiger partial charge in [-0.1, -0.05) is 13.8 Å². The van der Waals surface area contributed by atoms with Gasteiger partial charge in [0.1, 0.15) is 6.04 Å². The van der Waals surface area contributed by atoms with E-state index in [1.807, 2.05) is 13.8 Å². The van der Waals surface area contributed by atoms with Crippen LogP contribution >= 0.6 is 0 Å². The van der Waals surface area contributed by atoms with Gasteiger partial charge in [-0.25, -0.2) is 9.59 Å². The second kappa shape index (κ2) is 7.92. The van der Waals surface area contributed by atoms with E-state index in [4.69, 9.17) is 9.84 Å². The van der Waals surface area contributed by atoms with Gasteiger partial charge in [0, 0.05) is 26.7 Å². The largest absolute Gasteiger partial charge is 0.480 e. The number of hydrogen-bond donors (Lipinski definition) is 3. The maximum Gasteiger partial charge on any atom is 0.326 e. The van der Waals surface area contributed by atoms with Gasteiger partial charge < -0.3 is 20.5 Å². The van der Waals surface area contributed by atoms with E-state index in [9.17, 15) is 9.59 Å². The predicted molar refractivity (Wildman–Crippen MR) is 59.3 cm³/mol. The molecule has 3 N–H and O–H groups in total. The zero-order valence-electron chi connectivity index (χ0n) is 9.95. The summed E-state index contributed by atoms with van der Waals surface area (Å²) >= 11 is 0. The number of carboxylic acid groups (broad SMARTS) is 1. The molecule has 0 fully saturated rings. The highest BCUT2D eigenvalue weighted by Gasteiger charge is 2.19. The van der Waals surface area contributed by atoms with Crippen molar-refractivity contribution >= 4 is 12.0 Å². The highest BCUT2D eigenvalue weighted by atomic mass is 16.5. The van der Waals surface area contributed by atoms with Gasteiger partial charge in [0.05, 0.1) is 0 Å². The number of amides is 2. The average molecular weight is 232 g/mol. The molecule has 0 heterocycles. The van der Waals surface area contributed by atoms with E-state index in [0.29, 0.717) is 19.1 Å². The van der Waals surface area contributed by atoms with Gasteiger partial charge in [0.2, 0.25) is 0 Å². The topological polar surface area (TPSA) is 87.7 Å². The lowest BCUT2D eigenvalue weighted by Gasteiger charge is -2.15. The standard InChI is InChI=1S/C10H20N2O4/c1-7(2)6-11-10(15)12-8(9(13)14)4-5-16-3/h7-8H,4-6H2,1-3H3,(H,13,14)(H2,11,12,15). The van der Waals surface area contributed by atoms with Gasteiger partial charge >= 0.3 is 12.0 Å². The summed E-state index contributed by atoms with van der Waals surface area (Å²) in [5.74, 6) is -0.732. The lowest BCUT2D eigenvalue weighted by atomic mass is 10.2. The molecule has 0 aliphatic heterocycles. The molecule has 0 aromatic carbocycles. The molecular weight excluding hydrogens is 212 g/mol. The summed E-state index contributed by atoms with van der Waals surface area (Å²) in [4.78, 5) is 22.1. The molecule has 0 bridgehead atoms.